The van der Waals surface area contributed by atoms with E-state index in [0.717, 1.165) is 16.8 Å². The summed E-state index contributed by atoms with van der Waals surface area (Å²) in [5.74, 6) is 0.839. The first-order valence-electron chi connectivity index (χ1n) is 13.3. The Morgan fingerprint density at radius 3 is 2.62 bits per heavy atom. The molecule has 39 heavy (non-hydrogen) atoms. The highest BCUT2D eigenvalue weighted by atomic mass is 16.5. The van der Waals surface area contributed by atoms with Crippen molar-refractivity contribution >= 4 is 17.5 Å². The highest BCUT2D eigenvalue weighted by Gasteiger charge is 2.13. The van der Waals surface area contributed by atoms with Crippen molar-refractivity contribution < 1.29 is 24.2 Å². The van der Waals surface area contributed by atoms with Crippen LogP contribution < -0.4 is 25.5 Å². The van der Waals surface area contributed by atoms with Crippen LogP contribution in [0.2, 0.25) is 0 Å². The molecule has 2 aromatic carbocycles. The van der Waals surface area contributed by atoms with Gasteiger partial charge in [-0.25, -0.2) is 5.43 Å². The molecule has 1 atom stereocenters. The molecule has 0 bridgehead atoms. The van der Waals surface area contributed by atoms with Gasteiger partial charge in [-0.05, 0) is 66.8 Å². The highest BCUT2D eigenvalue weighted by Crippen LogP contribution is 2.20. The normalized spacial score (nSPS) is 13.7. The molecule has 0 radical (unpaired) electrons. The monoisotopic (exact) mass is 535 g/mol. The molecule has 0 fully saturated rings. The molecule has 1 aliphatic rings. The molecular formula is C29H37N5O5. The van der Waals surface area contributed by atoms with Crippen molar-refractivity contribution in [3.63, 3.8) is 0 Å². The SMILES string of the molecule is CC(C)NC[C@H](O)CCc1ccc(OCCCNC(=O)COc2ccc(C3=NNC(=O)CC3)cc2)cc1C#N. The number of rotatable bonds is 15. The van der Waals surface area contributed by atoms with E-state index < -0.39 is 6.10 Å². The summed E-state index contributed by atoms with van der Waals surface area (Å²) in [5, 5.41) is 29.7. The number of hydrazone groups is 1. The van der Waals surface area contributed by atoms with Crippen LogP contribution in [0.4, 0.5) is 0 Å². The van der Waals surface area contributed by atoms with Gasteiger partial charge in [0.05, 0.1) is 30.1 Å². The Bertz CT molecular complexity index is 1170. The van der Waals surface area contributed by atoms with E-state index >= 15 is 0 Å². The lowest BCUT2D eigenvalue weighted by molar-refractivity contribution is -0.123. The van der Waals surface area contributed by atoms with Gasteiger partial charge < -0.3 is 25.2 Å². The molecule has 0 unspecified atom stereocenters. The molecule has 0 aromatic heterocycles. The van der Waals surface area contributed by atoms with Gasteiger partial charge in [-0.15, -0.1) is 0 Å². The quantitative estimate of drug-likeness (QED) is 0.256. The van der Waals surface area contributed by atoms with Gasteiger partial charge in [-0.3, -0.25) is 9.59 Å². The van der Waals surface area contributed by atoms with Crippen molar-refractivity contribution in [3.05, 3.63) is 59.2 Å². The number of nitrogens with zero attached hydrogens (tertiary/aromatic N) is 2. The molecule has 0 spiro atoms. The number of aliphatic hydroxyl groups excluding tert-OH is 1. The molecule has 0 saturated heterocycles. The molecule has 0 aliphatic carbocycles. The van der Waals surface area contributed by atoms with Gasteiger partial charge in [0.2, 0.25) is 5.91 Å². The van der Waals surface area contributed by atoms with Gasteiger partial charge in [-0.1, -0.05) is 19.9 Å². The van der Waals surface area contributed by atoms with E-state index in [-0.39, 0.29) is 18.4 Å². The van der Waals surface area contributed by atoms with E-state index in [1.807, 2.05) is 38.1 Å². The second kappa shape index (κ2) is 15.5. The zero-order valence-corrected chi connectivity index (χ0v) is 22.5. The summed E-state index contributed by atoms with van der Waals surface area (Å²) >= 11 is 0. The van der Waals surface area contributed by atoms with Crippen LogP contribution >= 0.6 is 0 Å². The fourth-order valence-electron chi connectivity index (χ4n) is 3.88. The van der Waals surface area contributed by atoms with Crippen molar-refractivity contribution in [1.29, 1.82) is 5.26 Å². The fourth-order valence-corrected chi connectivity index (χ4v) is 3.88. The number of hydrogen-bond donors (Lipinski definition) is 4. The number of aryl methyl sites for hydroxylation is 1. The van der Waals surface area contributed by atoms with Crippen LogP contribution in [0.15, 0.2) is 47.6 Å². The summed E-state index contributed by atoms with van der Waals surface area (Å²) in [6.45, 7) is 5.29. The lowest BCUT2D eigenvalue weighted by Crippen LogP contribution is -2.32. The van der Waals surface area contributed by atoms with Crippen molar-refractivity contribution in [2.75, 3.05) is 26.3 Å². The van der Waals surface area contributed by atoms with Crippen LogP contribution in [0.25, 0.3) is 0 Å². The van der Waals surface area contributed by atoms with E-state index in [2.05, 4.69) is 27.2 Å². The molecule has 4 N–H and O–H groups in total. The van der Waals surface area contributed by atoms with Crippen LogP contribution in [-0.4, -0.2) is 61.1 Å². The topological polar surface area (TPSA) is 145 Å². The summed E-state index contributed by atoms with van der Waals surface area (Å²) in [5.41, 5.74) is 5.61. The van der Waals surface area contributed by atoms with Gasteiger partial charge >= 0.3 is 0 Å². The Hall–Kier alpha value is -3.94. The van der Waals surface area contributed by atoms with Crippen molar-refractivity contribution in [1.82, 2.24) is 16.1 Å². The van der Waals surface area contributed by atoms with Crippen LogP contribution in [0.5, 0.6) is 11.5 Å². The molecule has 1 heterocycles. The summed E-state index contributed by atoms with van der Waals surface area (Å²) in [6.07, 6.45) is 2.31. The number of nitriles is 1. The third kappa shape index (κ3) is 10.4. The number of carbonyl (C=O) groups is 2. The van der Waals surface area contributed by atoms with E-state index in [9.17, 15) is 20.0 Å². The van der Waals surface area contributed by atoms with Gasteiger partial charge in [0.15, 0.2) is 6.61 Å². The van der Waals surface area contributed by atoms with Gasteiger partial charge in [0.1, 0.15) is 11.5 Å². The summed E-state index contributed by atoms with van der Waals surface area (Å²) in [4.78, 5) is 23.3. The van der Waals surface area contributed by atoms with Crippen molar-refractivity contribution in [2.24, 2.45) is 5.10 Å². The summed E-state index contributed by atoms with van der Waals surface area (Å²) in [7, 11) is 0. The maximum atomic E-state index is 12.1. The van der Waals surface area contributed by atoms with E-state index in [1.54, 1.807) is 18.2 Å². The number of benzene rings is 2. The van der Waals surface area contributed by atoms with E-state index in [0.29, 0.717) is 74.9 Å². The second-order valence-electron chi connectivity index (χ2n) is 9.64. The Labute approximate surface area is 229 Å². The number of hydrogen-bond acceptors (Lipinski definition) is 8. The molecule has 2 amide bonds. The van der Waals surface area contributed by atoms with Gasteiger partial charge in [0, 0.05) is 32.0 Å². The zero-order chi connectivity index (χ0) is 28.0. The number of amides is 2. The molecule has 208 valence electrons. The molecule has 3 rings (SSSR count). The van der Waals surface area contributed by atoms with Crippen LogP contribution in [-0.2, 0) is 16.0 Å². The summed E-state index contributed by atoms with van der Waals surface area (Å²) < 4.78 is 11.3. The second-order valence-corrected chi connectivity index (χ2v) is 9.64. The minimum atomic E-state index is -0.468. The average Bonchev–Trinajstić information content (AvgIpc) is 2.94. The third-order valence-corrected chi connectivity index (χ3v) is 6.08. The lowest BCUT2D eigenvalue weighted by atomic mass is 10.0. The van der Waals surface area contributed by atoms with Gasteiger partial charge in [-0.2, -0.15) is 10.4 Å². The molecule has 10 nitrogen and oxygen atoms in total. The number of carbonyl (C=O) groups excluding carboxylic acids is 2. The Balaban J connectivity index is 1.32. The van der Waals surface area contributed by atoms with Crippen LogP contribution in [0.3, 0.4) is 0 Å². The van der Waals surface area contributed by atoms with Crippen LogP contribution in [0, 0.1) is 11.3 Å². The molecule has 10 heteroatoms. The zero-order valence-electron chi connectivity index (χ0n) is 22.5. The first-order valence-corrected chi connectivity index (χ1v) is 13.3. The Morgan fingerprint density at radius 1 is 1.15 bits per heavy atom. The minimum Gasteiger partial charge on any atom is -0.493 e. The minimum absolute atomic E-state index is 0.0860. The fraction of sp³-hybridized carbons (Fsp3) is 0.448. The maximum absolute atomic E-state index is 12.1. The standard InChI is InChI=1S/C29H37N5O5/c1-20(2)32-18-24(35)8-4-21-5-11-26(16-23(21)17-30)38-15-3-14-31-29(37)19-39-25-9-6-22(7-10-25)27-12-13-28(36)34-33-27/h5-7,9-11,16,20,24,32,35H,3-4,8,12-15,18-19H2,1-2H3,(H,31,37)(H,34,36)/t24-/m1/s1. The Kier molecular flexibility index (Phi) is 11.7. The predicted octanol–water partition coefficient (Wildman–Crippen LogP) is 2.43. The predicted molar refractivity (Wildman–Crippen MR) is 148 cm³/mol. The largest absolute Gasteiger partial charge is 0.493 e. The number of aliphatic hydroxyl groups is 1. The summed E-state index contributed by atoms with van der Waals surface area (Å²) in [6, 6.07) is 15.1. The number of ether oxygens (including phenoxy) is 2. The average molecular weight is 536 g/mol. The van der Waals surface area contributed by atoms with Crippen molar-refractivity contribution in [3.8, 4) is 17.6 Å². The first-order chi connectivity index (χ1) is 18.8. The molecule has 0 saturated carbocycles. The number of nitrogens with one attached hydrogen (secondary N) is 3. The van der Waals surface area contributed by atoms with E-state index in [1.165, 1.54) is 0 Å². The third-order valence-electron chi connectivity index (χ3n) is 6.08. The van der Waals surface area contributed by atoms with Crippen molar-refractivity contribution in [2.45, 2.75) is 58.1 Å². The molecular weight excluding hydrogens is 498 g/mol. The smallest absolute Gasteiger partial charge is 0.257 e. The molecule has 1 aliphatic heterocycles. The first kappa shape index (κ1) is 29.6. The van der Waals surface area contributed by atoms with E-state index in [4.69, 9.17) is 9.47 Å². The Morgan fingerprint density at radius 2 is 1.92 bits per heavy atom. The maximum Gasteiger partial charge on any atom is 0.257 e. The lowest BCUT2D eigenvalue weighted by Gasteiger charge is -2.15. The highest BCUT2D eigenvalue weighted by molar-refractivity contribution is 6.04. The van der Waals surface area contributed by atoms with Crippen LogP contribution in [0.1, 0.15) is 56.2 Å². The van der Waals surface area contributed by atoms with Gasteiger partial charge in [0.25, 0.3) is 5.91 Å². The molecule has 2 aromatic rings.